The van der Waals surface area contributed by atoms with Gasteiger partial charge in [-0.15, -0.1) is 0 Å². The second-order valence-electron chi connectivity index (χ2n) is 12.2. The van der Waals surface area contributed by atoms with E-state index in [-0.39, 0.29) is 10.8 Å². The number of anilines is 2. The van der Waals surface area contributed by atoms with Crippen LogP contribution in [-0.2, 0) is 10.8 Å². The van der Waals surface area contributed by atoms with E-state index in [2.05, 4.69) is 154 Å². The van der Waals surface area contributed by atoms with E-state index in [1.165, 1.54) is 57.3 Å². The van der Waals surface area contributed by atoms with Gasteiger partial charge >= 0.3 is 0 Å². The maximum Gasteiger partial charge on any atom is 0.0470 e. The van der Waals surface area contributed by atoms with Gasteiger partial charge in [0.25, 0.3) is 0 Å². The summed E-state index contributed by atoms with van der Waals surface area (Å²) in [6.07, 6.45) is 2.44. The Morgan fingerprint density at radius 2 is 1.00 bits per heavy atom. The highest BCUT2D eigenvalue weighted by atomic mass is 14.9. The molecule has 6 rings (SSSR count). The van der Waals surface area contributed by atoms with Crippen LogP contribution in [0, 0.1) is 0 Å². The van der Waals surface area contributed by atoms with Crippen LogP contribution in [-0.4, -0.2) is 0 Å². The van der Waals surface area contributed by atoms with E-state index >= 15 is 0 Å². The van der Waals surface area contributed by atoms with Gasteiger partial charge in [-0.05, 0) is 69.2 Å². The van der Waals surface area contributed by atoms with Crippen molar-refractivity contribution in [2.75, 3.05) is 5.32 Å². The predicted molar refractivity (Wildman–Crippen MR) is 168 cm³/mol. The molecule has 0 heterocycles. The van der Waals surface area contributed by atoms with Gasteiger partial charge in [-0.25, -0.2) is 0 Å². The smallest absolute Gasteiger partial charge is 0.0470 e. The molecular weight excluding hydrogens is 470 g/mol. The Kier molecular flexibility index (Phi) is 6.39. The van der Waals surface area contributed by atoms with Crippen LogP contribution in [0.1, 0.15) is 51.7 Å². The van der Waals surface area contributed by atoms with Crippen LogP contribution < -0.4 is 5.32 Å². The van der Waals surface area contributed by atoms with Crippen LogP contribution in [0.5, 0.6) is 0 Å². The van der Waals surface area contributed by atoms with E-state index in [9.17, 15) is 0 Å². The zero-order chi connectivity index (χ0) is 27.0. The molecule has 0 unspecified atom stereocenters. The lowest BCUT2D eigenvalue weighted by molar-refractivity contribution is 0.332. The quantitative estimate of drug-likeness (QED) is 0.249. The minimum absolute atomic E-state index is 0.174. The van der Waals surface area contributed by atoms with Crippen LogP contribution in [0.15, 0.2) is 121 Å². The molecule has 0 amide bonds. The van der Waals surface area contributed by atoms with Crippen LogP contribution in [0.3, 0.4) is 0 Å². The van der Waals surface area contributed by atoms with Crippen molar-refractivity contribution in [2.24, 2.45) is 0 Å². The Labute approximate surface area is 233 Å². The standard InChI is InChI=1S/C38H37N/c1-37(2)23-24-38(3,4)34-25-30(20-22-33(34)37)31-17-11-12-18-35(31)39-36-26-29(27-13-7-5-8-14-27)19-21-32(36)28-15-9-6-10-16-28/h5-22,25-26,39H,23-24H2,1-4H3. The molecular formula is C38H37N. The second kappa shape index (κ2) is 9.89. The van der Waals surface area contributed by atoms with E-state index in [0.29, 0.717) is 0 Å². The summed E-state index contributed by atoms with van der Waals surface area (Å²) in [5.74, 6) is 0. The average Bonchev–Trinajstić information content (AvgIpc) is 2.97. The van der Waals surface area contributed by atoms with Crippen molar-refractivity contribution in [1.82, 2.24) is 0 Å². The fraction of sp³-hybridized carbons (Fsp3) is 0.211. The molecule has 0 bridgehead atoms. The predicted octanol–water partition coefficient (Wildman–Crippen LogP) is 10.8. The summed E-state index contributed by atoms with van der Waals surface area (Å²) in [7, 11) is 0. The van der Waals surface area contributed by atoms with Gasteiger partial charge in [0.15, 0.2) is 0 Å². The molecule has 0 aromatic heterocycles. The third-order valence-electron chi connectivity index (χ3n) is 8.57. The van der Waals surface area contributed by atoms with Gasteiger partial charge in [-0.1, -0.05) is 137 Å². The highest BCUT2D eigenvalue weighted by Crippen LogP contribution is 2.47. The number of hydrogen-bond donors (Lipinski definition) is 1. The minimum Gasteiger partial charge on any atom is -0.354 e. The van der Waals surface area contributed by atoms with Gasteiger partial charge in [0.05, 0.1) is 0 Å². The summed E-state index contributed by atoms with van der Waals surface area (Å²) in [5.41, 5.74) is 12.9. The van der Waals surface area contributed by atoms with Gasteiger partial charge in [0.1, 0.15) is 0 Å². The zero-order valence-corrected chi connectivity index (χ0v) is 23.5. The highest BCUT2D eigenvalue weighted by Gasteiger charge is 2.37. The lowest BCUT2D eigenvalue weighted by Gasteiger charge is -2.42. The molecule has 194 valence electrons. The van der Waals surface area contributed by atoms with Crippen molar-refractivity contribution >= 4 is 11.4 Å². The molecule has 0 spiro atoms. The first-order valence-corrected chi connectivity index (χ1v) is 14.1. The first-order valence-electron chi connectivity index (χ1n) is 14.1. The van der Waals surface area contributed by atoms with Crippen molar-refractivity contribution < 1.29 is 0 Å². The number of para-hydroxylation sites is 1. The SMILES string of the molecule is CC1(C)CCC(C)(C)c2cc(-c3ccccc3Nc3cc(-c4ccccc4)ccc3-c3ccccc3)ccc21. The molecule has 0 saturated carbocycles. The molecule has 5 aromatic rings. The third-order valence-corrected chi connectivity index (χ3v) is 8.57. The summed E-state index contributed by atoms with van der Waals surface area (Å²) < 4.78 is 0. The highest BCUT2D eigenvalue weighted by molar-refractivity contribution is 5.89. The second-order valence-corrected chi connectivity index (χ2v) is 12.2. The Bertz CT molecular complexity index is 1610. The summed E-state index contributed by atoms with van der Waals surface area (Å²) >= 11 is 0. The van der Waals surface area contributed by atoms with Crippen LogP contribution in [0.25, 0.3) is 33.4 Å². The minimum atomic E-state index is 0.174. The van der Waals surface area contributed by atoms with Crippen LogP contribution in [0.4, 0.5) is 11.4 Å². The van der Waals surface area contributed by atoms with Gasteiger partial charge in [-0.2, -0.15) is 0 Å². The van der Waals surface area contributed by atoms with Crippen molar-refractivity contribution in [3.05, 3.63) is 132 Å². The molecule has 1 heteroatoms. The molecule has 5 aromatic carbocycles. The zero-order valence-electron chi connectivity index (χ0n) is 23.5. The molecule has 0 atom stereocenters. The Hall–Kier alpha value is -4.10. The Morgan fingerprint density at radius 1 is 0.436 bits per heavy atom. The molecule has 1 aliphatic carbocycles. The first kappa shape index (κ1) is 25.2. The normalized spacial score (nSPS) is 15.4. The number of fused-ring (bicyclic) bond motifs is 1. The maximum absolute atomic E-state index is 3.87. The van der Waals surface area contributed by atoms with E-state index in [0.717, 1.165) is 11.4 Å². The Morgan fingerprint density at radius 3 is 1.72 bits per heavy atom. The molecule has 1 N–H and O–H groups in total. The van der Waals surface area contributed by atoms with Crippen molar-refractivity contribution in [3.8, 4) is 33.4 Å². The molecule has 0 radical (unpaired) electrons. The summed E-state index contributed by atoms with van der Waals surface area (Å²) in [5, 5.41) is 3.87. The molecule has 39 heavy (non-hydrogen) atoms. The van der Waals surface area contributed by atoms with Crippen molar-refractivity contribution in [2.45, 2.75) is 51.4 Å². The van der Waals surface area contributed by atoms with Crippen molar-refractivity contribution in [1.29, 1.82) is 0 Å². The number of rotatable bonds is 5. The summed E-state index contributed by atoms with van der Waals surface area (Å²) in [6.45, 7) is 9.58. The van der Waals surface area contributed by atoms with E-state index in [1.807, 2.05) is 0 Å². The van der Waals surface area contributed by atoms with E-state index in [4.69, 9.17) is 0 Å². The van der Waals surface area contributed by atoms with E-state index in [1.54, 1.807) is 0 Å². The van der Waals surface area contributed by atoms with Crippen molar-refractivity contribution in [3.63, 3.8) is 0 Å². The Balaban J connectivity index is 1.46. The summed E-state index contributed by atoms with van der Waals surface area (Å²) in [6, 6.07) is 43.9. The number of hydrogen-bond acceptors (Lipinski definition) is 1. The lowest BCUT2D eigenvalue weighted by atomic mass is 9.63. The molecule has 1 nitrogen and oxygen atoms in total. The molecule has 0 aliphatic heterocycles. The van der Waals surface area contributed by atoms with Crippen LogP contribution in [0.2, 0.25) is 0 Å². The largest absolute Gasteiger partial charge is 0.354 e. The van der Waals surface area contributed by atoms with Gasteiger partial charge in [-0.3, -0.25) is 0 Å². The topological polar surface area (TPSA) is 12.0 Å². The number of benzene rings is 5. The van der Waals surface area contributed by atoms with Gasteiger partial charge < -0.3 is 5.32 Å². The third kappa shape index (κ3) is 4.90. The molecule has 0 saturated heterocycles. The van der Waals surface area contributed by atoms with Gasteiger partial charge in [0, 0.05) is 22.5 Å². The monoisotopic (exact) mass is 507 g/mol. The lowest BCUT2D eigenvalue weighted by Crippen LogP contribution is -2.33. The first-order chi connectivity index (χ1) is 18.8. The van der Waals surface area contributed by atoms with Crippen LogP contribution >= 0.6 is 0 Å². The average molecular weight is 508 g/mol. The number of nitrogens with one attached hydrogen (secondary N) is 1. The fourth-order valence-corrected chi connectivity index (χ4v) is 6.07. The summed E-state index contributed by atoms with van der Waals surface area (Å²) in [4.78, 5) is 0. The van der Waals surface area contributed by atoms with E-state index < -0.39 is 0 Å². The van der Waals surface area contributed by atoms with Gasteiger partial charge in [0.2, 0.25) is 0 Å². The maximum atomic E-state index is 3.87. The molecule has 0 fully saturated rings. The molecule has 1 aliphatic rings. The fourth-order valence-electron chi connectivity index (χ4n) is 6.07.